The van der Waals surface area contributed by atoms with Gasteiger partial charge in [-0.1, -0.05) is 29.8 Å². The van der Waals surface area contributed by atoms with Crippen molar-refractivity contribution in [2.24, 2.45) is 7.05 Å². The van der Waals surface area contributed by atoms with Crippen molar-refractivity contribution in [3.05, 3.63) is 99.2 Å². The molecule has 2 aromatic carbocycles. The molecule has 2 aromatic heterocycles. The van der Waals surface area contributed by atoms with Crippen LogP contribution < -0.4 is 16.2 Å². The molecule has 3 heterocycles. The second-order valence-corrected chi connectivity index (χ2v) is 10.6. The summed E-state index contributed by atoms with van der Waals surface area (Å²) in [5.74, 6) is -0.0939. The lowest BCUT2D eigenvalue weighted by atomic mass is 9.94. The van der Waals surface area contributed by atoms with Crippen molar-refractivity contribution in [2.75, 3.05) is 38.7 Å². The van der Waals surface area contributed by atoms with Crippen molar-refractivity contribution in [2.45, 2.75) is 18.9 Å². The second kappa shape index (κ2) is 12.3. The van der Waals surface area contributed by atoms with Gasteiger partial charge in [0.25, 0.3) is 0 Å². The van der Waals surface area contributed by atoms with Crippen LogP contribution in [0, 0.1) is 12.7 Å². The lowest BCUT2D eigenvalue weighted by Gasteiger charge is -2.21. The van der Waals surface area contributed by atoms with E-state index < -0.39 is 11.8 Å². The van der Waals surface area contributed by atoms with Crippen molar-refractivity contribution in [3.63, 3.8) is 0 Å². The number of likely N-dealkylation sites (tertiary alicyclic amines) is 1. The number of pyridine rings is 1. The standard InChI is InChI=1S/C30H32ClFN6O3/c1-19-28(20-9-10-27(39)36(2)16-20)35-38(24-7-5-4-6-8-24)29(19)34-30(40)33-26-18-37(11-12-41-3)17-25(26)21-13-22(31)15-23(32)14-21/h4-10,13-16,25-26H,11-12,17-18H2,1-3H3,(H2,33,34,40)/t25-,26?/m0/s1. The summed E-state index contributed by atoms with van der Waals surface area (Å²) in [7, 11) is 3.33. The first-order valence-corrected chi connectivity index (χ1v) is 13.7. The number of carbonyl (C=O) groups is 1. The molecule has 1 aliphatic rings. The van der Waals surface area contributed by atoms with Crippen LogP contribution in [0.2, 0.25) is 5.02 Å². The molecule has 4 aromatic rings. The van der Waals surface area contributed by atoms with Crippen LogP contribution in [0.5, 0.6) is 0 Å². The quantitative estimate of drug-likeness (QED) is 0.319. The number of anilines is 1. The van der Waals surface area contributed by atoms with Crippen LogP contribution in [0.1, 0.15) is 17.0 Å². The summed E-state index contributed by atoms with van der Waals surface area (Å²) in [5, 5.41) is 11.2. The molecule has 1 saturated heterocycles. The van der Waals surface area contributed by atoms with E-state index in [1.165, 1.54) is 22.8 Å². The van der Waals surface area contributed by atoms with Crippen LogP contribution in [0.25, 0.3) is 16.9 Å². The van der Waals surface area contributed by atoms with E-state index >= 15 is 0 Å². The zero-order chi connectivity index (χ0) is 29.1. The maximum atomic E-state index is 14.3. The van der Waals surface area contributed by atoms with Crippen LogP contribution in [0.3, 0.4) is 0 Å². The van der Waals surface area contributed by atoms with Crippen LogP contribution in [0.4, 0.5) is 15.0 Å². The third kappa shape index (κ3) is 6.35. The molecule has 2 N–H and O–H groups in total. The van der Waals surface area contributed by atoms with Gasteiger partial charge in [0.1, 0.15) is 11.6 Å². The van der Waals surface area contributed by atoms with Crippen LogP contribution in [0.15, 0.2) is 71.7 Å². The number of aromatic nitrogens is 3. The predicted molar refractivity (Wildman–Crippen MR) is 157 cm³/mol. The number of urea groups is 1. The van der Waals surface area contributed by atoms with E-state index in [2.05, 4.69) is 15.5 Å². The molecule has 41 heavy (non-hydrogen) atoms. The van der Waals surface area contributed by atoms with Gasteiger partial charge in [-0.05, 0) is 48.9 Å². The molecule has 1 fully saturated rings. The van der Waals surface area contributed by atoms with Crippen molar-refractivity contribution in [3.8, 4) is 16.9 Å². The highest BCUT2D eigenvalue weighted by molar-refractivity contribution is 6.30. The Morgan fingerprint density at radius 3 is 2.63 bits per heavy atom. The number of amides is 2. The Hall–Kier alpha value is -3.99. The van der Waals surface area contributed by atoms with Gasteiger partial charge in [-0.15, -0.1) is 0 Å². The van der Waals surface area contributed by atoms with Crippen LogP contribution in [-0.2, 0) is 11.8 Å². The first-order chi connectivity index (χ1) is 19.7. The lowest BCUT2D eigenvalue weighted by Crippen LogP contribution is -2.42. The largest absolute Gasteiger partial charge is 0.383 e. The van der Waals surface area contributed by atoms with Gasteiger partial charge in [0, 0.05) is 68.1 Å². The summed E-state index contributed by atoms with van der Waals surface area (Å²) in [6, 6.07) is 16.5. The number of hydrogen-bond acceptors (Lipinski definition) is 5. The highest BCUT2D eigenvalue weighted by Crippen LogP contribution is 2.32. The molecule has 1 aliphatic heterocycles. The van der Waals surface area contributed by atoms with E-state index in [1.807, 2.05) is 37.3 Å². The third-order valence-electron chi connectivity index (χ3n) is 7.35. The summed E-state index contributed by atoms with van der Waals surface area (Å²) < 4.78 is 22.7. The average Bonchev–Trinajstić information content (AvgIpc) is 3.49. The summed E-state index contributed by atoms with van der Waals surface area (Å²) in [6.45, 7) is 4.28. The Balaban J connectivity index is 1.45. The molecule has 0 saturated carbocycles. The lowest BCUT2D eigenvalue weighted by molar-refractivity contribution is 0.159. The van der Waals surface area contributed by atoms with Crippen LogP contribution >= 0.6 is 11.6 Å². The monoisotopic (exact) mass is 578 g/mol. The van der Waals surface area contributed by atoms with Crippen molar-refractivity contribution < 1.29 is 13.9 Å². The molecule has 11 heteroatoms. The molecule has 9 nitrogen and oxygen atoms in total. The maximum Gasteiger partial charge on any atom is 0.320 e. The number of rotatable bonds is 8. The molecule has 2 amide bonds. The summed E-state index contributed by atoms with van der Waals surface area (Å²) in [4.78, 5) is 27.7. The van der Waals surface area contributed by atoms with E-state index in [4.69, 9.17) is 21.4 Å². The van der Waals surface area contributed by atoms with Crippen LogP contribution in [-0.4, -0.2) is 64.7 Å². The van der Waals surface area contributed by atoms with Gasteiger partial charge in [0.15, 0.2) is 0 Å². The highest BCUT2D eigenvalue weighted by Gasteiger charge is 2.35. The molecule has 214 valence electrons. The van der Waals surface area contributed by atoms with E-state index in [0.717, 1.165) is 22.4 Å². The Morgan fingerprint density at radius 1 is 1.15 bits per heavy atom. The summed E-state index contributed by atoms with van der Waals surface area (Å²) >= 11 is 6.17. The fraction of sp³-hybridized carbons (Fsp3) is 0.300. The normalized spacial score (nSPS) is 17.1. The summed E-state index contributed by atoms with van der Waals surface area (Å²) in [6.07, 6.45) is 1.72. The number of halogens is 2. The number of carbonyl (C=O) groups excluding carboxylic acids is 1. The Labute approximate surface area is 242 Å². The molecule has 1 unspecified atom stereocenters. The minimum absolute atomic E-state index is 0.128. The number of nitrogens with zero attached hydrogens (tertiary/aromatic N) is 4. The van der Waals surface area contributed by atoms with Gasteiger partial charge in [-0.2, -0.15) is 5.10 Å². The fourth-order valence-electron chi connectivity index (χ4n) is 5.28. The number of aryl methyl sites for hydroxylation is 1. The zero-order valence-electron chi connectivity index (χ0n) is 23.1. The van der Waals surface area contributed by atoms with Gasteiger partial charge >= 0.3 is 6.03 Å². The minimum atomic E-state index is -0.417. The molecule has 2 atom stereocenters. The van der Waals surface area contributed by atoms with E-state index in [1.54, 1.807) is 37.2 Å². The number of methoxy groups -OCH3 is 1. The number of hydrogen-bond donors (Lipinski definition) is 2. The highest BCUT2D eigenvalue weighted by atomic mass is 35.5. The van der Waals surface area contributed by atoms with E-state index in [0.29, 0.717) is 42.8 Å². The fourth-order valence-corrected chi connectivity index (χ4v) is 5.51. The van der Waals surface area contributed by atoms with Gasteiger partial charge in [-0.25, -0.2) is 13.9 Å². The molecule has 0 radical (unpaired) electrons. The Morgan fingerprint density at radius 2 is 1.93 bits per heavy atom. The molecule has 0 spiro atoms. The van der Waals surface area contributed by atoms with Gasteiger partial charge < -0.3 is 14.6 Å². The van der Waals surface area contributed by atoms with E-state index in [9.17, 15) is 14.0 Å². The number of ether oxygens (including phenoxy) is 1. The van der Waals surface area contributed by atoms with Crippen molar-refractivity contribution >= 4 is 23.4 Å². The average molecular weight is 579 g/mol. The topological polar surface area (TPSA) is 93.4 Å². The molecule has 0 aliphatic carbocycles. The summed E-state index contributed by atoms with van der Waals surface area (Å²) in [5.41, 5.74) is 3.48. The zero-order valence-corrected chi connectivity index (χ0v) is 23.9. The minimum Gasteiger partial charge on any atom is -0.383 e. The SMILES string of the molecule is COCCN1CC(NC(=O)Nc2c(C)c(-c3ccc(=O)n(C)c3)nn2-c2ccccc2)[C@H](c2cc(F)cc(Cl)c2)C1. The van der Waals surface area contributed by atoms with Crippen molar-refractivity contribution in [1.29, 1.82) is 0 Å². The molecular weight excluding hydrogens is 547 g/mol. The predicted octanol–water partition coefficient (Wildman–Crippen LogP) is 4.57. The van der Waals surface area contributed by atoms with Gasteiger partial charge in [0.05, 0.1) is 24.0 Å². The number of nitrogens with one attached hydrogen (secondary N) is 2. The first kappa shape index (κ1) is 28.5. The van der Waals surface area contributed by atoms with Crippen molar-refractivity contribution in [1.82, 2.24) is 24.6 Å². The van der Waals surface area contributed by atoms with Gasteiger partial charge in [-0.3, -0.25) is 15.0 Å². The van der Waals surface area contributed by atoms with E-state index in [-0.39, 0.29) is 17.5 Å². The number of benzene rings is 2. The Kier molecular flexibility index (Phi) is 8.53. The van der Waals surface area contributed by atoms with Gasteiger partial charge in [0.2, 0.25) is 5.56 Å². The smallest absolute Gasteiger partial charge is 0.320 e. The molecule has 0 bridgehead atoms. The maximum absolute atomic E-state index is 14.3. The number of para-hydroxylation sites is 1. The molecular formula is C30H32ClFN6O3. The Bertz CT molecular complexity index is 1590. The first-order valence-electron chi connectivity index (χ1n) is 13.3. The third-order valence-corrected chi connectivity index (χ3v) is 7.57. The second-order valence-electron chi connectivity index (χ2n) is 10.2. The molecule has 5 rings (SSSR count).